The van der Waals surface area contributed by atoms with Gasteiger partial charge in [0.1, 0.15) is 11.7 Å². The van der Waals surface area contributed by atoms with Crippen LogP contribution in [0.5, 0.6) is 0 Å². The summed E-state index contributed by atoms with van der Waals surface area (Å²) in [5, 5.41) is 15.8. The number of aryl methyl sites for hydroxylation is 1. The molecule has 1 aromatic heterocycles. The standard InChI is InChI=1S/C23H25F3N6O2/c1-28-20(33)19-12-22(14-32(19)21(34)18-5-8-30(2)29-18)6-9-31(10-7-22)16-4-3-15(13-27)17(11-16)23(24,25)26/h3-5,8,11,19H,6-7,9-10,12,14H2,1-2H3,(H,28,33). The number of carbonyl (C=O) groups is 2. The third-order valence-electron chi connectivity index (χ3n) is 6.87. The lowest BCUT2D eigenvalue weighted by Crippen LogP contribution is -2.45. The van der Waals surface area contributed by atoms with E-state index in [1.165, 1.54) is 23.9 Å². The monoisotopic (exact) mass is 474 g/mol. The predicted molar refractivity (Wildman–Crippen MR) is 117 cm³/mol. The van der Waals surface area contributed by atoms with Crippen molar-refractivity contribution < 1.29 is 22.8 Å². The SMILES string of the molecule is CNC(=O)C1CC2(CCN(c3ccc(C#N)c(C(F)(F)F)c3)CC2)CN1C(=O)c1ccn(C)n1. The highest BCUT2D eigenvalue weighted by molar-refractivity contribution is 5.96. The first-order valence-corrected chi connectivity index (χ1v) is 11.0. The third-order valence-corrected chi connectivity index (χ3v) is 6.87. The van der Waals surface area contributed by atoms with E-state index in [1.54, 1.807) is 30.3 Å². The summed E-state index contributed by atoms with van der Waals surface area (Å²) in [6, 6.07) is 6.34. The zero-order valence-corrected chi connectivity index (χ0v) is 18.9. The number of halogens is 3. The van der Waals surface area contributed by atoms with E-state index in [-0.39, 0.29) is 22.9 Å². The second-order valence-corrected chi connectivity index (χ2v) is 8.97. The molecule has 11 heteroatoms. The lowest BCUT2D eigenvalue weighted by Gasteiger charge is -2.40. The van der Waals surface area contributed by atoms with Crippen LogP contribution in [0.2, 0.25) is 0 Å². The normalized spacial score (nSPS) is 19.8. The summed E-state index contributed by atoms with van der Waals surface area (Å²) in [7, 11) is 3.24. The van der Waals surface area contributed by atoms with Crippen LogP contribution in [0.1, 0.15) is 40.9 Å². The third kappa shape index (κ3) is 4.32. The molecule has 8 nitrogen and oxygen atoms in total. The van der Waals surface area contributed by atoms with Crippen molar-refractivity contribution in [2.45, 2.75) is 31.5 Å². The number of nitrogens with one attached hydrogen (secondary N) is 1. The maximum absolute atomic E-state index is 13.4. The molecule has 0 saturated carbocycles. The van der Waals surface area contributed by atoms with E-state index in [9.17, 15) is 22.8 Å². The van der Waals surface area contributed by atoms with Gasteiger partial charge in [0.05, 0.1) is 17.2 Å². The maximum Gasteiger partial charge on any atom is 0.417 e. The van der Waals surface area contributed by atoms with Crippen LogP contribution in [-0.4, -0.2) is 59.2 Å². The first-order chi connectivity index (χ1) is 16.1. The highest BCUT2D eigenvalue weighted by atomic mass is 19.4. The van der Waals surface area contributed by atoms with Gasteiger partial charge in [-0.3, -0.25) is 14.3 Å². The number of alkyl halides is 3. The summed E-state index contributed by atoms with van der Waals surface area (Å²) in [4.78, 5) is 29.1. The Kier molecular flexibility index (Phi) is 6.02. The molecule has 1 spiro atoms. The molecule has 2 fully saturated rings. The molecule has 1 atom stereocenters. The number of anilines is 1. The molecule has 2 saturated heterocycles. The zero-order valence-electron chi connectivity index (χ0n) is 18.9. The first kappa shape index (κ1) is 23.6. The van der Waals surface area contributed by atoms with Gasteiger partial charge in [-0.15, -0.1) is 0 Å². The minimum absolute atomic E-state index is 0.245. The van der Waals surface area contributed by atoms with E-state index in [0.29, 0.717) is 44.6 Å². The average Bonchev–Trinajstić information content (AvgIpc) is 3.42. The van der Waals surface area contributed by atoms with Crippen molar-refractivity contribution >= 4 is 17.5 Å². The van der Waals surface area contributed by atoms with Crippen LogP contribution in [0.15, 0.2) is 30.5 Å². The van der Waals surface area contributed by atoms with Crippen LogP contribution in [-0.2, 0) is 18.0 Å². The van der Waals surface area contributed by atoms with Crippen LogP contribution >= 0.6 is 0 Å². The Labute approximate surface area is 194 Å². The first-order valence-electron chi connectivity index (χ1n) is 11.0. The zero-order chi connectivity index (χ0) is 24.7. The van der Waals surface area contributed by atoms with Crippen LogP contribution in [0, 0.1) is 16.7 Å². The van der Waals surface area contributed by atoms with Gasteiger partial charge in [0.15, 0.2) is 0 Å². The van der Waals surface area contributed by atoms with Crippen molar-refractivity contribution in [1.29, 1.82) is 5.26 Å². The molecular weight excluding hydrogens is 449 g/mol. The number of amides is 2. The van der Waals surface area contributed by atoms with Gasteiger partial charge in [0.25, 0.3) is 5.91 Å². The van der Waals surface area contributed by atoms with Crippen LogP contribution in [0.3, 0.4) is 0 Å². The summed E-state index contributed by atoms with van der Waals surface area (Å²) in [6.45, 7) is 1.35. The Morgan fingerprint density at radius 3 is 2.50 bits per heavy atom. The van der Waals surface area contributed by atoms with Crippen molar-refractivity contribution in [3.63, 3.8) is 0 Å². The number of nitriles is 1. The van der Waals surface area contributed by atoms with E-state index in [4.69, 9.17) is 5.26 Å². The molecule has 4 rings (SSSR count). The summed E-state index contributed by atoms with van der Waals surface area (Å²) >= 11 is 0. The summed E-state index contributed by atoms with van der Waals surface area (Å²) in [5.74, 6) is -0.555. The molecular formula is C23H25F3N6O2. The number of piperidine rings is 1. The topological polar surface area (TPSA) is 94.3 Å². The van der Waals surface area contributed by atoms with E-state index in [1.807, 2.05) is 4.90 Å². The molecule has 1 unspecified atom stereocenters. The van der Waals surface area contributed by atoms with Gasteiger partial charge < -0.3 is 15.1 Å². The lowest BCUT2D eigenvalue weighted by molar-refractivity contribution is -0.137. The number of likely N-dealkylation sites (tertiary alicyclic amines) is 1. The molecule has 3 heterocycles. The van der Waals surface area contributed by atoms with E-state index in [2.05, 4.69) is 10.4 Å². The minimum atomic E-state index is -4.61. The Bertz CT molecular complexity index is 1140. The van der Waals surface area contributed by atoms with E-state index in [0.717, 1.165) is 6.07 Å². The van der Waals surface area contributed by atoms with Gasteiger partial charge in [-0.1, -0.05) is 0 Å². The average molecular weight is 474 g/mol. The molecule has 180 valence electrons. The lowest BCUT2D eigenvalue weighted by atomic mass is 9.76. The minimum Gasteiger partial charge on any atom is -0.371 e. The van der Waals surface area contributed by atoms with Crippen molar-refractivity contribution in [3.8, 4) is 6.07 Å². The second-order valence-electron chi connectivity index (χ2n) is 8.97. The van der Waals surface area contributed by atoms with E-state index >= 15 is 0 Å². The molecule has 2 amide bonds. The van der Waals surface area contributed by atoms with Gasteiger partial charge in [-0.05, 0) is 48.9 Å². The maximum atomic E-state index is 13.4. The molecule has 0 aliphatic carbocycles. The molecule has 34 heavy (non-hydrogen) atoms. The number of carbonyl (C=O) groups excluding carboxylic acids is 2. The number of benzene rings is 1. The smallest absolute Gasteiger partial charge is 0.371 e. The highest BCUT2D eigenvalue weighted by Gasteiger charge is 2.50. The van der Waals surface area contributed by atoms with E-state index < -0.39 is 23.3 Å². The fourth-order valence-electron chi connectivity index (χ4n) is 5.01. The molecule has 2 aliphatic rings. The van der Waals surface area contributed by atoms with Gasteiger partial charge in [-0.25, -0.2) is 0 Å². The molecule has 2 aromatic rings. The fourth-order valence-corrected chi connectivity index (χ4v) is 5.01. The number of hydrogen-bond acceptors (Lipinski definition) is 5. The van der Waals surface area contributed by atoms with Crippen LogP contribution in [0.4, 0.5) is 18.9 Å². The second kappa shape index (κ2) is 8.66. The van der Waals surface area contributed by atoms with Gasteiger partial charge in [0, 0.05) is 45.6 Å². The number of rotatable bonds is 3. The van der Waals surface area contributed by atoms with Crippen LogP contribution < -0.4 is 10.2 Å². The highest BCUT2D eigenvalue weighted by Crippen LogP contribution is 2.45. The molecule has 0 radical (unpaired) electrons. The Hall–Kier alpha value is -3.55. The molecule has 0 bridgehead atoms. The number of hydrogen-bond donors (Lipinski definition) is 1. The van der Waals surface area contributed by atoms with Gasteiger partial charge in [-0.2, -0.15) is 23.5 Å². The predicted octanol–water partition coefficient (Wildman–Crippen LogP) is 2.56. The Morgan fingerprint density at radius 1 is 1.24 bits per heavy atom. The van der Waals surface area contributed by atoms with Gasteiger partial charge >= 0.3 is 6.18 Å². The summed E-state index contributed by atoms with van der Waals surface area (Å²) < 4.78 is 41.7. The quantitative estimate of drug-likeness (QED) is 0.738. The number of nitrogens with zero attached hydrogens (tertiary/aromatic N) is 5. The summed E-state index contributed by atoms with van der Waals surface area (Å²) in [5.41, 5.74) is -0.984. The fraction of sp³-hybridized carbons (Fsp3) is 0.478. The van der Waals surface area contributed by atoms with Gasteiger partial charge in [0.2, 0.25) is 5.91 Å². The van der Waals surface area contributed by atoms with Crippen LogP contribution in [0.25, 0.3) is 0 Å². The van der Waals surface area contributed by atoms with Crippen molar-refractivity contribution in [2.75, 3.05) is 31.6 Å². The number of aromatic nitrogens is 2. The molecule has 1 N–H and O–H groups in total. The molecule has 1 aromatic carbocycles. The van der Waals surface area contributed by atoms with Crippen molar-refractivity contribution in [1.82, 2.24) is 20.0 Å². The summed E-state index contributed by atoms with van der Waals surface area (Å²) in [6.07, 6.45) is -1.22. The molecule has 2 aliphatic heterocycles. The Morgan fingerprint density at radius 2 is 1.94 bits per heavy atom. The largest absolute Gasteiger partial charge is 0.417 e. The Balaban J connectivity index is 1.53. The van der Waals surface area contributed by atoms with Crippen molar-refractivity contribution in [2.24, 2.45) is 12.5 Å². The van der Waals surface area contributed by atoms with Crippen molar-refractivity contribution in [3.05, 3.63) is 47.3 Å². The number of likely N-dealkylation sites (N-methyl/N-ethyl adjacent to an activating group) is 1.